The fourth-order valence-corrected chi connectivity index (χ4v) is 9.66. The summed E-state index contributed by atoms with van der Waals surface area (Å²) in [5, 5.41) is 7.32. The number of allylic oxidation sites excluding steroid dienone is 1. The average molecular weight is 679 g/mol. The lowest BCUT2D eigenvalue weighted by Crippen LogP contribution is -2.15. The molecule has 0 saturated carbocycles. The monoisotopic (exact) mass is 678 g/mol. The lowest BCUT2D eigenvalue weighted by molar-refractivity contribution is 0.659. The Morgan fingerprint density at radius 3 is 1.72 bits per heavy atom. The lowest BCUT2D eigenvalue weighted by Gasteiger charge is -2.24. The summed E-state index contributed by atoms with van der Waals surface area (Å²) in [4.78, 5) is 0. The number of fused-ring (bicyclic) bond motifs is 10. The van der Waals surface area contributed by atoms with Gasteiger partial charge in [0.2, 0.25) is 0 Å². The Labute approximate surface area is 309 Å². The van der Waals surface area contributed by atoms with Gasteiger partial charge < -0.3 is 4.42 Å². The number of benzene rings is 8. The maximum Gasteiger partial charge on any atom is 0.135 e. The van der Waals surface area contributed by atoms with E-state index in [1.165, 1.54) is 88.3 Å². The fraction of sp³-hybridized carbons (Fsp3) is 0.115. The van der Waals surface area contributed by atoms with Gasteiger partial charge in [0.05, 0.1) is 0 Å². The Morgan fingerprint density at radius 1 is 0.491 bits per heavy atom. The zero-order valence-corrected chi connectivity index (χ0v) is 30.2. The second-order valence-electron chi connectivity index (χ2n) is 15.6. The molecular weight excluding hydrogens is 641 g/mol. The zero-order chi connectivity index (χ0) is 35.4. The average Bonchev–Trinajstić information content (AvgIpc) is 3.68. The Bertz CT molecular complexity index is 2950. The van der Waals surface area contributed by atoms with Crippen LogP contribution in [0.25, 0.3) is 94.1 Å². The van der Waals surface area contributed by atoms with Crippen molar-refractivity contribution in [3.05, 3.63) is 174 Å². The summed E-state index contributed by atoms with van der Waals surface area (Å²) in [6, 6.07) is 53.9. The Kier molecular flexibility index (Phi) is 6.41. The van der Waals surface area contributed by atoms with E-state index in [1.807, 2.05) is 0 Å². The van der Waals surface area contributed by atoms with E-state index in [0.29, 0.717) is 5.92 Å². The fourth-order valence-electron chi connectivity index (χ4n) is 9.66. The van der Waals surface area contributed by atoms with E-state index in [0.717, 1.165) is 28.4 Å². The molecule has 1 nitrogen and oxygen atoms in total. The molecule has 1 aromatic heterocycles. The normalized spacial score (nSPS) is 15.6. The molecule has 0 spiro atoms. The molecule has 1 heteroatoms. The van der Waals surface area contributed by atoms with Gasteiger partial charge >= 0.3 is 0 Å². The van der Waals surface area contributed by atoms with Crippen LogP contribution in [0.1, 0.15) is 55.4 Å². The minimum atomic E-state index is -0.0402. The van der Waals surface area contributed by atoms with Crippen LogP contribution in [0.4, 0.5) is 0 Å². The predicted octanol–water partition coefficient (Wildman–Crippen LogP) is 14.7. The van der Waals surface area contributed by atoms with Crippen LogP contribution in [0.15, 0.2) is 156 Å². The third-order valence-corrected chi connectivity index (χ3v) is 12.3. The van der Waals surface area contributed by atoms with Crippen molar-refractivity contribution in [2.45, 2.75) is 38.5 Å². The van der Waals surface area contributed by atoms with Gasteiger partial charge in [-0.3, -0.25) is 0 Å². The van der Waals surface area contributed by atoms with Crippen LogP contribution in [0, 0.1) is 0 Å². The zero-order valence-electron chi connectivity index (χ0n) is 30.2. The highest BCUT2D eigenvalue weighted by molar-refractivity contribution is 6.22. The molecule has 252 valence electrons. The van der Waals surface area contributed by atoms with Gasteiger partial charge in [0, 0.05) is 16.2 Å². The molecule has 0 amide bonds. The molecule has 0 bridgehead atoms. The van der Waals surface area contributed by atoms with Gasteiger partial charge in [-0.05, 0) is 131 Å². The summed E-state index contributed by atoms with van der Waals surface area (Å²) in [7, 11) is 0. The van der Waals surface area contributed by atoms with E-state index < -0.39 is 0 Å². The van der Waals surface area contributed by atoms with Gasteiger partial charge in [-0.25, -0.2) is 0 Å². The van der Waals surface area contributed by atoms with Crippen LogP contribution >= 0.6 is 0 Å². The maximum atomic E-state index is 6.50. The molecule has 8 aromatic carbocycles. The number of hydrogen-bond donors (Lipinski definition) is 0. The first kappa shape index (κ1) is 30.4. The van der Waals surface area contributed by atoms with E-state index in [-0.39, 0.29) is 5.41 Å². The molecule has 9 aromatic rings. The molecule has 0 fully saturated rings. The Hall–Kier alpha value is -6.18. The molecule has 0 aliphatic heterocycles. The van der Waals surface area contributed by atoms with Crippen LogP contribution in [0.2, 0.25) is 0 Å². The summed E-state index contributed by atoms with van der Waals surface area (Å²) < 4.78 is 6.50. The first-order chi connectivity index (χ1) is 26.0. The van der Waals surface area contributed by atoms with Crippen molar-refractivity contribution in [2.75, 3.05) is 0 Å². The molecule has 2 aliphatic rings. The predicted molar refractivity (Wildman–Crippen MR) is 225 cm³/mol. The van der Waals surface area contributed by atoms with Crippen molar-refractivity contribution >= 4 is 49.6 Å². The van der Waals surface area contributed by atoms with Crippen LogP contribution in [0.3, 0.4) is 0 Å². The van der Waals surface area contributed by atoms with Crippen molar-refractivity contribution in [3.8, 4) is 44.5 Å². The lowest BCUT2D eigenvalue weighted by atomic mass is 9.79. The van der Waals surface area contributed by atoms with Gasteiger partial charge in [0.15, 0.2) is 0 Å². The molecule has 2 aliphatic carbocycles. The molecule has 1 heterocycles. The molecule has 1 unspecified atom stereocenters. The standard InChI is InChI=1S/C52H38O/c1-31-12-11-19-37-36(31)23-25-46-51(37)44-29-33(20-24-45(44)52(46,2)3)34-21-26-47-42(28-34)43-30-35(22-27-48(43)53-47)50-40-17-9-7-15-38(40)49(32-13-5-4-6-14-32)39-16-8-10-18-41(39)50/h4-11,13-31H,12H2,1-3H3. The molecule has 53 heavy (non-hydrogen) atoms. The summed E-state index contributed by atoms with van der Waals surface area (Å²) in [6.07, 6.45) is 5.83. The topological polar surface area (TPSA) is 13.1 Å². The summed E-state index contributed by atoms with van der Waals surface area (Å²) >= 11 is 0. The maximum absolute atomic E-state index is 6.50. The Balaban J connectivity index is 1.09. The minimum Gasteiger partial charge on any atom is -0.456 e. The van der Waals surface area contributed by atoms with Crippen molar-refractivity contribution < 1.29 is 4.42 Å². The highest BCUT2D eigenvalue weighted by Crippen LogP contribution is 2.53. The van der Waals surface area contributed by atoms with Gasteiger partial charge in [0.1, 0.15) is 11.2 Å². The van der Waals surface area contributed by atoms with E-state index in [2.05, 4.69) is 179 Å². The molecule has 11 rings (SSSR count). The Morgan fingerprint density at radius 2 is 1.04 bits per heavy atom. The van der Waals surface area contributed by atoms with Gasteiger partial charge in [-0.1, -0.05) is 148 Å². The molecule has 0 radical (unpaired) electrons. The first-order valence-electron chi connectivity index (χ1n) is 18.9. The third kappa shape index (κ3) is 4.37. The molecular formula is C52H38O. The smallest absolute Gasteiger partial charge is 0.135 e. The van der Waals surface area contributed by atoms with E-state index in [1.54, 1.807) is 0 Å². The van der Waals surface area contributed by atoms with E-state index in [4.69, 9.17) is 4.42 Å². The SMILES string of the molecule is CC1CC=Cc2c1ccc1c2-c2cc(-c3ccc4oc5ccc(-c6c7ccccc7c(-c7ccccc7)c7ccccc67)cc5c4c3)ccc2C1(C)C. The summed E-state index contributed by atoms with van der Waals surface area (Å²) in [5.41, 5.74) is 17.7. The van der Waals surface area contributed by atoms with Gasteiger partial charge in [-0.2, -0.15) is 0 Å². The van der Waals surface area contributed by atoms with E-state index >= 15 is 0 Å². The largest absolute Gasteiger partial charge is 0.456 e. The molecule has 0 N–H and O–H groups in total. The number of rotatable bonds is 3. The third-order valence-electron chi connectivity index (χ3n) is 12.3. The number of hydrogen-bond acceptors (Lipinski definition) is 1. The minimum absolute atomic E-state index is 0.0402. The highest BCUT2D eigenvalue weighted by atomic mass is 16.3. The van der Waals surface area contributed by atoms with Crippen molar-refractivity contribution in [1.82, 2.24) is 0 Å². The quantitative estimate of drug-likeness (QED) is 0.170. The molecule has 1 atom stereocenters. The van der Waals surface area contributed by atoms with Crippen LogP contribution in [0.5, 0.6) is 0 Å². The van der Waals surface area contributed by atoms with Crippen molar-refractivity contribution in [1.29, 1.82) is 0 Å². The van der Waals surface area contributed by atoms with Crippen LogP contribution in [-0.2, 0) is 5.41 Å². The van der Waals surface area contributed by atoms with Gasteiger partial charge in [-0.15, -0.1) is 0 Å². The molecule has 0 saturated heterocycles. The first-order valence-corrected chi connectivity index (χ1v) is 18.9. The number of furan rings is 1. The van der Waals surface area contributed by atoms with Gasteiger partial charge in [0.25, 0.3) is 0 Å². The second kappa shape index (κ2) is 11.2. The van der Waals surface area contributed by atoms with E-state index in [9.17, 15) is 0 Å². The van der Waals surface area contributed by atoms with Crippen LogP contribution < -0.4 is 0 Å². The highest BCUT2D eigenvalue weighted by Gasteiger charge is 2.38. The summed E-state index contributed by atoms with van der Waals surface area (Å²) in [6.45, 7) is 7.11. The second-order valence-corrected chi connectivity index (χ2v) is 15.6. The van der Waals surface area contributed by atoms with Crippen molar-refractivity contribution in [3.63, 3.8) is 0 Å². The summed E-state index contributed by atoms with van der Waals surface area (Å²) in [5.74, 6) is 0.537. The van der Waals surface area contributed by atoms with Crippen molar-refractivity contribution in [2.24, 2.45) is 0 Å². The van der Waals surface area contributed by atoms with Crippen LogP contribution in [-0.4, -0.2) is 0 Å².